The Bertz CT molecular complexity index is 1430. The van der Waals surface area contributed by atoms with Crippen LogP contribution in [0.2, 0.25) is 0 Å². The third-order valence-electron chi connectivity index (χ3n) is 5.85. The summed E-state index contributed by atoms with van der Waals surface area (Å²) in [5.41, 5.74) is 1.85. The smallest absolute Gasteiger partial charge is 0.205 e. The molecular formula is C27H28O6. The highest BCUT2D eigenvalue weighted by Gasteiger charge is 2.31. The largest absolute Gasteiger partial charge is 0.507 e. The zero-order valence-electron chi connectivity index (χ0n) is 19.4. The summed E-state index contributed by atoms with van der Waals surface area (Å²) >= 11 is 0. The monoisotopic (exact) mass is 448 g/mol. The molecule has 0 radical (unpaired) electrons. The van der Waals surface area contributed by atoms with Gasteiger partial charge in [0.25, 0.3) is 0 Å². The van der Waals surface area contributed by atoms with Gasteiger partial charge in [0.1, 0.15) is 33.7 Å². The molecule has 0 saturated heterocycles. The van der Waals surface area contributed by atoms with E-state index < -0.39 is 11.0 Å². The van der Waals surface area contributed by atoms with E-state index in [9.17, 15) is 20.1 Å². The third kappa shape index (κ3) is 3.97. The Balaban J connectivity index is 1.98. The van der Waals surface area contributed by atoms with E-state index in [1.807, 2.05) is 52.8 Å². The average molecular weight is 449 g/mol. The van der Waals surface area contributed by atoms with Crippen LogP contribution in [0.1, 0.15) is 52.2 Å². The van der Waals surface area contributed by atoms with Crippen molar-refractivity contribution >= 4 is 28.0 Å². The molecule has 6 heteroatoms. The summed E-state index contributed by atoms with van der Waals surface area (Å²) in [6.45, 7) is 9.73. The number of rotatable bonds is 4. The van der Waals surface area contributed by atoms with Crippen LogP contribution in [0.25, 0.3) is 28.0 Å². The second kappa shape index (κ2) is 8.03. The SMILES string of the molecule is CC(C)=CCc1c(O)cc2oc3cc(O)c4c(c3c(=O)c2c1O)C=CC(C)(CC=C(C)C)O4. The molecule has 6 nitrogen and oxygen atoms in total. The van der Waals surface area contributed by atoms with E-state index in [0.29, 0.717) is 12.0 Å². The second-order valence-corrected chi connectivity index (χ2v) is 9.26. The molecule has 2 heterocycles. The number of phenolic OH excluding ortho intramolecular Hbond substituents is 3. The van der Waals surface area contributed by atoms with E-state index in [1.54, 1.807) is 6.08 Å². The standard InChI is InChI=1S/C27H28O6/c1-14(2)6-7-16-18(28)12-21-23(24(16)30)25(31)22-17-9-11-27(5,10-8-15(3)4)33-26(17)19(29)13-20(22)32-21/h6,8-9,11-13,28-30H,7,10H2,1-5H3. The number of hydrogen-bond donors (Lipinski definition) is 3. The Morgan fingerprint density at radius 1 is 0.970 bits per heavy atom. The van der Waals surface area contributed by atoms with Crippen LogP contribution in [-0.2, 0) is 6.42 Å². The summed E-state index contributed by atoms with van der Waals surface area (Å²) in [5, 5.41) is 32.2. The molecular weight excluding hydrogens is 420 g/mol. The maximum Gasteiger partial charge on any atom is 0.205 e. The molecule has 0 aliphatic carbocycles. The van der Waals surface area contributed by atoms with E-state index in [0.717, 1.165) is 11.1 Å². The molecule has 3 N–H and O–H groups in total. The molecule has 0 fully saturated rings. The summed E-state index contributed by atoms with van der Waals surface area (Å²) in [7, 11) is 0. The van der Waals surface area contributed by atoms with Crippen LogP contribution >= 0.6 is 0 Å². The van der Waals surface area contributed by atoms with Crippen molar-refractivity contribution in [1.29, 1.82) is 0 Å². The molecule has 0 bridgehead atoms. The van der Waals surface area contributed by atoms with Gasteiger partial charge in [-0.15, -0.1) is 0 Å². The Morgan fingerprint density at radius 3 is 2.27 bits per heavy atom. The van der Waals surface area contributed by atoms with Gasteiger partial charge in [-0.3, -0.25) is 4.79 Å². The van der Waals surface area contributed by atoms with Gasteiger partial charge < -0.3 is 24.5 Å². The van der Waals surface area contributed by atoms with E-state index in [-0.39, 0.29) is 56.9 Å². The van der Waals surface area contributed by atoms with E-state index in [2.05, 4.69) is 0 Å². The van der Waals surface area contributed by atoms with Gasteiger partial charge >= 0.3 is 0 Å². The van der Waals surface area contributed by atoms with E-state index >= 15 is 0 Å². The lowest BCUT2D eigenvalue weighted by atomic mass is 9.93. The summed E-state index contributed by atoms with van der Waals surface area (Å²) in [4.78, 5) is 13.6. The number of benzene rings is 2. The summed E-state index contributed by atoms with van der Waals surface area (Å²) in [5.74, 6) is -0.430. The lowest BCUT2D eigenvalue weighted by molar-refractivity contribution is 0.136. The average Bonchev–Trinajstić information content (AvgIpc) is 2.72. The number of fused-ring (bicyclic) bond motifs is 4. The van der Waals surface area contributed by atoms with Crippen molar-refractivity contribution in [2.24, 2.45) is 0 Å². The predicted molar refractivity (Wildman–Crippen MR) is 130 cm³/mol. The van der Waals surface area contributed by atoms with Crippen LogP contribution in [0.15, 0.2) is 50.7 Å². The van der Waals surface area contributed by atoms with Crippen LogP contribution < -0.4 is 10.2 Å². The van der Waals surface area contributed by atoms with Crippen LogP contribution in [0.3, 0.4) is 0 Å². The van der Waals surface area contributed by atoms with Crippen molar-refractivity contribution in [3.63, 3.8) is 0 Å². The van der Waals surface area contributed by atoms with Crippen molar-refractivity contribution < 1.29 is 24.5 Å². The Hall–Kier alpha value is -3.67. The molecule has 0 spiro atoms. The van der Waals surface area contributed by atoms with E-state index in [1.165, 1.54) is 12.1 Å². The van der Waals surface area contributed by atoms with Crippen LogP contribution in [0.4, 0.5) is 0 Å². The fourth-order valence-corrected chi connectivity index (χ4v) is 3.99. The first-order chi connectivity index (χ1) is 15.5. The fraction of sp³-hybridized carbons (Fsp3) is 0.296. The number of hydrogen-bond acceptors (Lipinski definition) is 6. The van der Waals surface area contributed by atoms with Crippen LogP contribution in [-0.4, -0.2) is 20.9 Å². The molecule has 1 unspecified atom stereocenters. The molecule has 172 valence electrons. The lowest BCUT2D eigenvalue weighted by Crippen LogP contribution is -2.31. The predicted octanol–water partition coefficient (Wildman–Crippen LogP) is 6.09. The molecule has 3 aromatic rings. The molecule has 1 atom stereocenters. The van der Waals surface area contributed by atoms with Gasteiger partial charge in [0, 0.05) is 29.7 Å². The highest BCUT2D eigenvalue weighted by atomic mass is 16.5. The minimum absolute atomic E-state index is 0.0170. The molecule has 33 heavy (non-hydrogen) atoms. The quantitative estimate of drug-likeness (QED) is 0.330. The molecule has 1 aromatic heterocycles. The molecule has 0 amide bonds. The maximum absolute atomic E-state index is 13.6. The van der Waals surface area contributed by atoms with Crippen molar-refractivity contribution in [2.75, 3.05) is 0 Å². The third-order valence-corrected chi connectivity index (χ3v) is 5.85. The van der Waals surface area contributed by atoms with Crippen molar-refractivity contribution in [2.45, 2.75) is 53.1 Å². The minimum atomic E-state index is -0.683. The highest BCUT2D eigenvalue weighted by molar-refractivity contribution is 6.00. The number of aromatic hydroxyl groups is 3. The first-order valence-electron chi connectivity index (χ1n) is 10.9. The van der Waals surface area contributed by atoms with Gasteiger partial charge in [-0.05, 0) is 47.1 Å². The van der Waals surface area contributed by atoms with Gasteiger partial charge in [-0.2, -0.15) is 0 Å². The topological polar surface area (TPSA) is 100 Å². The maximum atomic E-state index is 13.6. The first-order valence-corrected chi connectivity index (χ1v) is 10.9. The summed E-state index contributed by atoms with van der Waals surface area (Å²) in [6.07, 6.45) is 8.38. The van der Waals surface area contributed by atoms with Crippen molar-refractivity contribution in [3.8, 4) is 23.0 Å². The number of allylic oxidation sites excluding steroid dienone is 3. The zero-order chi connectivity index (χ0) is 24.1. The lowest BCUT2D eigenvalue weighted by Gasteiger charge is -2.31. The fourth-order valence-electron chi connectivity index (χ4n) is 3.99. The number of phenols is 3. The van der Waals surface area contributed by atoms with Crippen LogP contribution in [0.5, 0.6) is 23.0 Å². The normalized spacial score (nSPS) is 17.0. The van der Waals surface area contributed by atoms with Gasteiger partial charge in [-0.25, -0.2) is 0 Å². The van der Waals surface area contributed by atoms with Gasteiger partial charge in [-0.1, -0.05) is 29.4 Å². The molecule has 1 aliphatic heterocycles. The molecule has 1 aliphatic rings. The van der Waals surface area contributed by atoms with Crippen molar-refractivity contribution in [3.05, 3.63) is 62.9 Å². The Kier molecular flexibility index (Phi) is 5.48. The second-order valence-electron chi connectivity index (χ2n) is 9.26. The van der Waals surface area contributed by atoms with Gasteiger partial charge in [0.05, 0.1) is 5.39 Å². The molecule has 0 saturated carbocycles. The van der Waals surface area contributed by atoms with Crippen molar-refractivity contribution in [1.82, 2.24) is 0 Å². The van der Waals surface area contributed by atoms with Gasteiger partial charge in [0.15, 0.2) is 11.5 Å². The number of ether oxygens (including phenoxy) is 1. The highest BCUT2D eigenvalue weighted by Crippen LogP contribution is 2.44. The zero-order valence-corrected chi connectivity index (χ0v) is 19.4. The molecule has 4 rings (SSSR count). The van der Waals surface area contributed by atoms with Gasteiger partial charge in [0.2, 0.25) is 5.43 Å². The summed E-state index contributed by atoms with van der Waals surface area (Å²) in [6, 6.07) is 2.66. The Morgan fingerprint density at radius 2 is 1.61 bits per heavy atom. The Labute approximate surface area is 191 Å². The minimum Gasteiger partial charge on any atom is -0.507 e. The molecule has 2 aromatic carbocycles. The first kappa shape index (κ1) is 22.5. The van der Waals surface area contributed by atoms with Crippen LogP contribution in [0, 0.1) is 0 Å². The van der Waals surface area contributed by atoms with E-state index in [4.69, 9.17) is 9.15 Å². The summed E-state index contributed by atoms with van der Waals surface area (Å²) < 4.78 is 12.0.